The maximum absolute atomic E-state index is 11.9. The molecule has 0 spiro atoms. The van der Waals surface area contributed by atoms with Gasteiger partial charge in [0.15, 0.2) is 0 Å². The standard InChI is InChI=1S/C13H16N6O/c1-9-8-10(17-13(14)16-9)4-3-7-19(2)12(20)11-5-6-15-18-11/h3-6,8H,7H2,1-2H3,(H,15,18)(H2,14,16,17)/b4-3+. The van der Waals surface area contributed by atoms with E-state index in [2.05, 4.69) is 20.2 Å². The number of nitrogens with one attached hydrogen (secondary N) is 1. The monoisotopic (exact) mass is 272 g/mol. The summed E-state index contributed by atoms with van der Waals surface area (Å²) >= 11 is 0. The molecule has 0 saturated carbocycles. The smallest absolute Gasteiger partial charge is 0.271 e. The Morgan fingerprint density at radius 3 is 2.95 bits per heavy atom. The largest absolute Gasteiger partial charge is 0.368 e. The molecule has 2 aromatic heterocycles. The minimum atomic E-state index is -0.120. The van der Waals surface area contributed by atoms with Gasteiger partial charge in [0.2, 0.25) is 5.95 Å². The number of hydrogen-bond donors (Lipinski definition) is 2. The molecule has 1 amide bonds. The fourth-order valence-corrected chi connectivity index (χ4v) is 1.70. The lowest BCUT2D eigenvalue weighted by atomic mass is 10.3. The highest BCUT2D eigenvalue weighted by Gasteiger charge is 2.10. The minimum absolute atomic E-state index is 0.120. The summed E-state index contributed by atoms with van der Waals surface area (Å²) < 4.78 is 0. The van der Waals surface area contributed by atoms with Crippen LogP contribution in [-0.4, -0.2) is 44.6 Å². The Kier molecular flexibility index (Phi) is 4.09. The summed E-state index contributed by atoms with van der Waals surface area (Å²) in [6.07, 6.45) is 5.20. The van der Waals surface area contributed by atoms with E-state index in [-0.39, 0.29) is 11.9 Å². The molecule has 0 bridgehead atoms. The van der Waals surface area contributed by atoms with E-state index in [0.29, 0.717) is 12.2 Å². The molecular weight excluding hydrogens is 256 g/mol. The van der Waals surface area contributed by atoms with Gasteiger partial charge in [-0.05, 0) is 25.1 Å². The highest BCUT2D eigenvalue weighted by Crippen LogP contribution is 2.04. The first-order chi connectivity index (χ1) is 9.56. The molecule has 0 atom stereocenters. The van der Waals surface area contributed by atoms with E-state index in [1.807, 2.05) is 25.1 Å². The summed E-state index contributed by atoms with van der Waals surface area (Å²) in [5, 5.41) is 6.39. The summed E-state index contributed by atoms with van der Waals surface area (Å²) in [5.41, 5.74) is 7.56. The fraction of sp³-hybridized carbons (Fsp3) is 0.231. The predicted molar refractivity (Wildman–Crippen MR) is 75.8 cm³/mol. The Labute approximate surface area is 116 Å². The Bertz CT molecular complexity index is 600. The molecule has 0 aliphatic heterocycles. The number of nitrogens with zero attached hydrogens (tertiary/aromatic N) is 4. The van der Waals surface area contributed by atoms with Crippen molar-refractivity contribution < 1.29 is 4.79 Å². The van der Waals surface area contributed by atoms with Crippen LogP contribution in [-0.2, 0) is 0 Å². The number of nitrogens with two attached hydrogens (primary N) is 1. The lowest BCUT2D eigenvalue weighted by Gasteiger charge is -2.13. The molecule has 0 radical (unpaired) electrons. The van der Waals surface area contributed by atoms with E-state index in [1.165, 1.54) is 0 Å². The third-order valence-corrected chi connectivity index (χ3v) is 2.64. The van der Waals surface area contributed by atoms with Gasteiger partial charge in [-0.15, -0.1) is 0 Å². The molecule has 7 nitrogen and oxygen atoms in total. The maximum Gasteiger partial charge on any atom is 0.271 e. The van der Waals surface area contributed by atoms with E-state index in [1.54, 1.807) is 24.2 Å². The molecule has 0 unspecified atom stereocenters. The van der Waals surface area contributed by atoms with Gasteiger partial charge in [-0.25, -0.2) is 9.97 Å². The molecule has 3 N–H and O–H groups in total. The van der Waals surface area contributed by atoms with Crippen LogP contribution in [0.15, 0.2) is 24.4 Å². The Hall–Kier alpha value is -2.70. The number of carbonyl (C=O) groups excluding carboxylic acids is 1. The number of nitrogen functional groups attached to an aromatic ring is 1. The first kappa shape index (κ1) is 13.7. The van der Waals surface area contributed by atoms with Crippen molar-refractivity contribution in [1.82, 2.24) is 25.1 Å². The molecule has 0 saturated heterocycles. The number of aryl methyl sites for hydroxylation is 1. The number of anilines is 1. The lowest BCUT2D eigenvalue weighted by Crippen LogP contribution is -2.27. The van der Waals surface area contributed by atoms with Gasteiger partial charge in [0, 0.05) is 25.5 Å². The second-order valence-corrected chi connectivity index (χ2v) is 4.35. The number of rotatable bonds is 4. The van der Waals surface area contributed by atoms with Crippen molar-refractivity contribution in [1.29, 1.82) is 0 Å². The third-order valence-electron chi connectivity index (χ3n) is 2.64. The van der Waals surface area contributed by atoms with Gasteiger partial charge < -0.3 is 10.6 Å². The van der Waals surface area contributed by atoms with E-state index in [0.717, 1.165) is 11.4 Å². The van der Waals surface area contributed by atoms with E-state index in [4.69, 9.17) is 5.73 Å². The average molecular weight is 272 g/mol. The summed E-state index contributed by atoms with van der Waals surface area (Å²) in [6.45, 7) is 2.31. The number of aromatic amines is 1. The van der Waals surface area contributed by atoms with Gasteiger partial charge in [0.25, 0.3) is 5.91 Å². The van der Waals surface area contributed by atoms with Crippen LogP contribution in [0.4, 0.5) is 5.95 Å². The van der Waals surface area contributed by atoms with Crippen LogP contribution in [0, 0.1) is 6.92 Å². The molecule has 0 fully saturated rings. The normalized spacial score (nSPS) is 10.9. The topological polar surface area (TPSA) is 101 Å². The van der Waals surface area contributed by atoms with Crippen LogP contribution in [0.1, 0.15) is 21.9 Å². The number of aromatic nitrogens is 4. The van der Waals surface area contributed by atoms with Gasteiger partial charge in [0.05, 0.1) is 5.69 Å². The summed E-state index contributed by atoms with van der Waals surface area (Å²) in [5.74, 6) is 0.122. The lowest BCUT2D eigenvalue weighted by molar-refractivity contribution is 0.0804. The van der Waals surface area contributed by atoms with Crippen LogP contribution in [0.2, 0.25) is 0 Å². The van der Waals surface area contributed by atoms with Crippen molar-refractivity contribution in [2.45, 2.75) is 6.92 Å². The zero-order valence-electron chi connectivity index (χ0n) is 11.4. The molecule has 7 heteroatoms. The maximum atomic E-state index is 11.9. The summed E-state index contributed by atoms with van der Waals surface area (Å²) in [4.78, 5) is 21.6. The SMILES string of the molecule is Cc1cc(/C=C/CN(C)C(=O)c2ccn[nH]2)nc(N)n1. The van der Waals surface area contributed by atoms with Crippen LogP contribution in [0.3, 0.4) is 0 Å². The Morgan fingerprint density at radius 2 is 2.30 bits per heavy atom. The highest BCUT2D eigenvalue weighted by atomic mass is 16.2. The van der Waals surface area contributed by atoms with Gasteiger partial charge in [-0.3, -0.25) is 9.89 Å². The molecular formula is C13H16N6O. The summed E-state index contributed by atoms with van der Waals surface area (Å²) in [6, 6.07) is 3.46. The van der Waals surface area contributed by atoms with Crippen molar-refractivity contribution in [2.75, 3.05) is 19.3 Å². The van der Waals surface area contributed by atoms with E-state index < -0.39 is 0 Å². The second kappa shape index (κ2) is 5.96. The molecule has 2 heterocycles. The van der Waals surface area contributed by atoms with Crippen LogP contribution in [0.25, 0.3) is 6.08 Å². The van der Waals surface area contributed by atoms with Crippen LogP contribution in [0.5, 0.6) is 0 Å². The van der Waals surface area contributed by atoms with Crippen LogP contribution < -0.4 is 5.73 Å². The number of H-pyrrole nitrogens is 1. The fourth-order valence-electron chi connectivity index (χ4n) is 1.70. The van der Waals surface area contributed by atoms with Crippen molar-refractivity contribution in [3.05, 3.63) is 41.5 Å². The molecule has 0 aliphatic carbocycles. The quantitative estimate of drug-likeness (QED) is 0.860. The van der Waals surface area contributed by atoms with Gasteiger partial charge in [0.1, 0.15) is 5.69 Å². The highest BCUT2D eigenvalue weighted by molar-refractivity contribution is 5.92. The third kappa shape index (κ3) is 3.41. The van der Waals surface area contributed by atoms with Crippen molar-refractivity contribution >= 4 is 17.9 Å². The van der Waals surface area contributed by atoms with E-state index in [9.17, 15) is 4.79 Å². The van der Waals surface area contributed by atoms with Gasteiger partial charge in [-0.2, -0.15) is 5.10 Å². The Morgan fingerprint density at radius 1 is 1.50 bits per heavy atom. The average Bonchev–Trinajstić information content (AvgIpc) is 2.90. The zero-order chi connectivity index (χ0) is 14.5. The Balaban J connectivity index is 1.97. The van der Waals surface area contributed by atoms with Crippen molar-refractivity contribution in [3.63, 3.8) is 0 Å². The molecule has 0 aromatic carbocycles. The van der Waals surface area contributed by atoms with Gasteiger partial charge in [-0.1, -0.05) is 6.08 Å². The first-order valence-corrected chi connectivity index (χ1v) is 6.09. The van der Waals surface area contributed by atoms with Crippen molar-refractivity contribution in [2.24, 2.45) is 0 Å². The van der Waals surface area contributed by atoms with Crippen LogP contribution >= 0.6 is 0 Å². The molecule has 2 aromatic rings. The second-order valence-electron chi connectivity index (χ2n) is 4.35. The minimum Gasteiger partial charge on any atom is -0.368 e. The van der Waals surface area contributed by atoms with Crippen molar-refractivity contribution in [3.8, 4) is 0 Å². The number of carbonyl (C=O) groups is 1. The number of hydrogen-bond acceptors (Lipinski definition) is 5. The van der Waals surface area contributed by atoms with E-state index >= 15 is 0 Å². The number of likely N-dealkylation sites (N-methyl/N-ethyl adjacent to an activating group) is 1. The zero-order valence-corrected chi connectivity index (χ0v) is 11.4. The molecule has 20 heavy (non-hydrogen) atoms. The predicted octanol–water partition coefficient (Wildman–Crippen LogP) is 0.876. The molecule has 104 valence electrons. The molecule has 2 rings (SSSR count). The first-order valence-electron chi connectivity index (χ1n) is 6.09. The molecule has 0 aliphatic rings. The summed E-state index contributed by atoms with van der Waals surface area (Å²) in [7, 11) is 1.72. The van der Waals surface area contributed by atoms with Gasteiger partial charge >= 0.3 is 0 Å². The number of amides is 1.